The molecular weight excluding hydrogens is 284 g/mol. The van der Waals surface area contributed by atoms with Crippen LogP contribution >= 0.6 is 11.6 Å². The van der Waals surface area contributed by atoms with Crippen LogP contribution in [0.1, 0.15) is 26.5 Å². The summed E-state index contributed by atoms with van der Waals surface area (Å²) in [7, 11) is 0. The van der Waals surface area contributed by atoms with E-state index < -0.39 is 0 Å². The van der Waals surface area contributed by atoms with Crippen molar-refractivity contribution >= 4 is 17.4 Å². The Hall–Kier alpha value is -0.840. The monoisotopic (exact) mass is 310 g/mol. The molecule has 0 saturated carbocycles. The van der Waals surface area contributed by atoms with E-state index in [0.717, 1.165) is 62.3 Å². The number of halogens is 1. The molecule has 1 aromatic heterocycles. The van der Waals surface area contributed by atoms with Gasteiger partial charge < -0.3 is 15.1 Å². The van der Waals surface area contributed by atoms with Gasteiger partial charge >= 0.3 is 0 Å². The Morgan fingerprint density at radius 3 is 2.57 bits per heavy atom. The molecule has 1 fully saturated rings. The van der Waals surface area contributed by atoms with Gasteiger partial charge in [0.05, 0.1) is 10.7 Å². The lowest BCUT2D eigenvalue weighted by Gasteiger charge is -2.35. The fourth-order valence-corrected chi connectivity index (χ4v) is 2.72. The third kappa shape index (κ3) is 4.83. The number of nitrogens with zero attached hydrogens (tertiary/aromatic N) is 3. The minimum atomic E-state index is 0.633. The number of anilines is 1. The number of aromatic nitrogens is 1. The van der Waals surface area contributed by atoms with Crippen LogP contribution in [0.5, 0.6) is 0 Å². The van der Waals surface area contributed by atoms with Crippen LogP contribution in [0.2, 0.25) is 5.02 Å². The van der Waals surface area contributed by atoms with Gasteiger partial charge in [-0.3, -0.25) is 0 Å². The van der Waals surface area contributed by atoms with Crippen LogP contribution in [0.15, 0.2) is 12.1 Å². The number of hydrogen-bond acceptors (Lipinski definition) is 4. The van der Waals surface area contributed by atoms with Crippen LogP contribution in [-0.4, -0.2) is 49.2 Å². The summed E-state index contributed by atoms with van der Waals surface area (Å²) in [6.45, 7) is 13.8. The summed E-state index contributed by atoms with van der Waals surface area (Å²) in [5.74, 6) is 1.69. The van der Waals surface area contributed by atoms with Crippen molar-refractivity contribution in [3.63, 3.8) is 0 Å². The van der Waals surface area contributed by atoms with Crippen molar-refractivity contribution in [3.8, 4) is 0 Å². The van der Waals surface area contributed by atoms with Gasteiger partial charge in [-0.1, -0.05) is 32.4 Å². The van der Waals surface area contributed by atoms with E-state index in [2.05, 4.69) is 35.9 Å². The molecule has 0 aromatic carbocycles. The first-order valence-electron chi connectivity index (χ1n) is 7.93. The molecule has 0 radical (unpaired) electrons. The number of rotatable bonds is 6. The van der Waals surface area contributed by atoms with Crippen molar-refractivity contribution in [3.05, 3.63) is 22.8 Å². The molecule has 1 aliphatic heterocycles. The molecule has 1 N–H and O–H groups in total. The fraction of sp³-hybridized carbons (Fsp3) is 0.688. The number of pyridine rings is 1. The van der Waals surface area contributed by atoms with Crippen molar-refractivity contribution in [1.29, 1.82) is 0 Å². The van der Waals surface area contributed by atoms with E-state index in [4.69, 9.17) is 16.6 Å². The molecule has 21 heavy (non-hydrogen) atoms. The Morgan fingerprint density at radius 1 is 1.24 bits per heavy atom. The average molecular weight is 311 g/mol. The maximum absolute atomic E-state index is 6.27. The average Bonchev–Trinajstić information content (AvgIpc) is 2.49. The summed E-state index contributed by atoms with van der Waals surface area (Å²) < 4.78 is 0. The Balaban J connectivity index is 1.98. The molecule has 1 aliphatic rings. The first kappa shape index (κ1) is 16.5. The van der Waals surface area contributed by atoms with Gasteiger partial charge in [-0.15, -0.1) is 0 Å². The topological polar surface area (TPSA) is 31.4 Å². The molecule has 1 saturated heterocycles. The van der Waals surface area contributed by atoms with E-state index in [1.807, 2.05) is 12.1 Å². The standard InChI is InChI=1S/C16H27ClN4/c1-4-20-7-9-21(10-8-20)16-6-5-14(17)15(19-16)12-18-11-13(2)3/h5-6,13,18H,4,7-12H2,1-3H3. The van der Waals surface area contributed by atoms with Crippen LogP contribution in [0.25, 0.3) is 0 Å². The lowest BCUT2D eigenvalue weighted by atomic mass is 10.2. The van der Waals surface area contributed by atoms with E-state index in [1.54, 1.807) is 0 Å². The number of likely N-dealkylation sites (N-methyl/N-ethyl adjacent to an activating group) is 1. The molecule has 0 unspecified atom stereocenters. The molecule has 4 nitrogen and oxygen atoms in total. The molecule has 0 atom stereocenters. The zero-order valence-electron chi connectivity index (χ0n) is 13.4. The van der Waals surface area contributed by atoms with E-state index >= 15 is 0 Å². The van der Waals surface area contributed by atoms with Gasteiger partial charge in [-0.05, 0) is 31.1 Å². The lowest BCUT2D eigenvalue weighted by Crippen LogP contribution is -2.46. The van der Waals surface area contributed by atoms with E-state index in [1.165, 1.54) is 0 Å². The van der Waals surface area contributed by atoms with Crippen LogP contribution in [0.3, 0.4) is 0 Å². The predicted molar refractivity (Wildman–Crippen MR) is 90.1 cm³/mol. The van der Waals surface area contributed by atoms with E-state index in [-0.39, 0.29) is 0 Å². The SMILES string of the molecule is CCN1CCN(c2ccc(Cl)c(CNCC(C)C)n2)CC1. The Bertz CT molecular complexity index is 442. The summed E-state index contributed by atoms with van der Waals surface area (Å²) in [6, 6.07) is 4.01. The molecule has 1 aromatic rings. The van der Waals surface area contributed by atoms with Crippen LogP contribution in [-0.2, 0) is 6.54 Å². The molecule has 0 bridgehead atoms. The Labute approximate surface area is 133 Å². The summed E-state index contributed by atoms with van der Waals surface area (Å²) in [6.07, 6.45) is 0. The van der Waals surface area contributed by atoms with Gasteiger partial charge in [-0.2, -0.15) is 0 Å². The number of piperazine rings is 1. The van der Waals surface area contributed by atoms with Gasteiger partial charge in [0.2, 0.25) is 0 Å². The second-order valence-corrected chi connectivity index (χ2v) is 6.45. The van der Waals surface area contributed by atoms with Crippen molar-refractivity contribution in [2.75, 3.05) is 44.2 Å². The van der Waals surface area contributed by atoms with Crippen molar-refractivity contribution in [2.24, 2.45) is 5.92 Å². The molecule has 5 heteroatoms. The highest BCUT2D eigenvalue weighted by atomic mass is 35.5. The first-order chi connectivity index (χ1) is 10.1. The molecule has 0 aliphatic carbocycles. The number of hydrogen-bond donors (Lipinski definition) is 1. The van der Waals surface area contributed by atoms with E-state index in [0.29, 0.717) is 5.92 Å². The lowest BCUT2D eigenvalue weighted by molar-refractivity contribution is 0.270. The van der Waals surface area contributed by atoms with Gasteiger partial charge in [-0.25, -0.2) is 4.98 Å². The highest BCUT2D eigenvalue weighted by molar-refractivity contribution is 6.31. The highest BCUT2D eigenvalue weighted by Crippen LogP contribution is 2.20. The Kier molecular flexibility index (Phi) is 6.27. The second-order valence-electron chi connectivity index (χ2n) is 6.04. The van der Waals surface area contributed by atoms with Crippen LogP contribution < -0.4 is 10.2 Å². The summed E-state index contributed by atoms with van der Waals surface area (Å²) in [5, 5.41) is 4.17. The maximum atomic E-state index is 6.27. The smallest absolute Gasteiger partial charge is 0.129 e. The quantitative estimate of drug-likeness (QED) is 0.875. The fourth-order valence-electron chi connectivity index (χ4n) is 2.55. The largest absolute Gasteiger partial charge is 0.354 e. The summed E-state index contributed by atoms with van der Waals surface area (Å²) >= 11 is 6.27. The summed E-state index contributed by atoms with van der Waals surface area (Å²) in [4.78, 5) is 9.58. The van der Waals surface area contributed by atoms with Gasteiger partial charge in [0.1, 0.15) is 5.82 Å². The van der Waals surface area contributed by atoms with Crippen LogP contribution in [0, 0.1) is 5.92 Å². The van der Waals surface area contributed by atoms with Gasteiger partial charge in [0.25, 0.3) is 0 Å². The minimum absolute atomic E-state index is 0.633. The first-order valence-corrected chi connectivity index (χ1v) is 8.31. The minimum Gasteiger partial charge on any atom is -0.354 e. The zero-order valence-corrected chi connectivity index (χ0v) is 14.2. The third-order valence-electron chi connectivity index (χ3n) is 3.89. The highest BCUT2D eigenvalue weighted by Gasteiger charge is 2.17. The Morgan fingerprint density at radius 2 is 1.95 bits per heavy atom. The molecule has 2 rings (SSSR count). The molecule has 2 heterocycles. The van der Waals surface area contributed by atoms with E-state index in [9.17, 15) is 0 Å². The van der Waals surface area contributed by atoms with Crippen molar-refractivity contribution < 1.29 is 0 Å². The van der Waals surface area contributed by atoms with Crippen molar-refractivity contribution in [2.45, 2.75) is 27.3 Å². The van der Waals surface area contributed by atoms with Crippen LogP contribution in [0.4, 0.5) is 5.82 Å². The van der Waals surface area contributed by atoms with Gasteiger partial charge in [0, 0.05) is 32.7 Å². The maximum Gasteiger partial charge on any atom is 0.129 e. The summed E-state index contributed by atoms with van der Waals surface area (Å²) in [5.41, 5.74) is 0.952. The molecular formula is C16H27ClN4. The normalized spacial score (nSPS) is 16.7. The number of nitrogens with one attached hydrogen (secondary N) is 1. The molecule has 0 spiro atoms. The zero-order chi connectivity index (χ0) is 15.2. The molecule has 0 amide bonds. The van der Waals surface area contributed by atoms with Crippen molar-refractivity contribution in [1.82, 2.24) is 15.2 Å². The second kappa shape index (κ2) is 7.97. The molecule has 118 valence electrons. The third-order valence-corrected chi connectivity index (χ3v) is 4.24. The van der Waals surface area contributed by atoms with Gasteiger partial charge in [0.15, 0.2) is 0 Å². The predicted octanol–water partition coefficient (Wildman–Crippen LogP) is 2.62.